The van der Waals surface area contributed by atoms with Gasteiger partial charge in [-0.15, -0.1) is 0 Å². The van der Waals surface area contributed by atoms with Crippen molar-refractivity contribution < 1.29 is 17.9 Å². The van der Waals surface area contributed by atoms with E-state index in [-0.39, 0.29) is 5.91 Å². The zero-order valence-electron chi connectivity index (χ0n) is 20.5. The summed E-state index contributed by atoms with van der Waals surface area (Å²) in [7, 11) is -1.94. The van der Waals surface area contributed by atoms with E-state index in [2.05, 4.69) is 10.4 Å². The van der Waals surface area contributed by atoms with Crippen LogP contribution in [0.5, 0.6) is 5.75 Å². The number of piperidine rings is 1. The summed E-state index contributed by atoms with van der Waals surface area (Å²) in [5, 5.41) is 7.44. The first-order valence-electron chi connectivity index (χ1n) is 11.8. The number of nitrogens with zero attached hydrogens (tertiary/aromatic N) is 3. The maximum Gasteiger partial charge on any atom is 0.251 e. The van der Waals surface area contributed by atoms with E-state index in [1.165, 1.54) is 0 Å². The van der Waals surface area contributed by atoms with E-state index in [1.807, 2.05) is 36.4 Å². The van der Waals surface area contributed by atoms with Gasteiger partial charge in [0.2, 0.25) is 10.0 Å². The summed E-state index contributed by atoms with van der Waals surface area (Å²) in [6.07, 6.45) is 2.86. The fourth-order valence-corrected chi connectivity index (χ4v) is 6.29. The monoisotopic (exact) mass is 496 g/mol. The minimum absolute atomic E-state index is 0.159. The van der Waals surface area contributed by atoms with Crippen LogP contribution in [0.15, 0.2) is 53.4 Å². The number of carbonyl (C=O) groups is 1. The van der Waals surface area contributed by atoms with E-state index in [4.69, 9.17) is 4.74 Å². The summed E-state index contributed by atoms with van der Waals surface area (Å²) in [5.41, 5.74) is 3.63. The number of hydrogen-bond acceptors (Lipinski definition) is 5. The number of methoxy groups -OCH3 is 1. The second-order valence-corrected chi connectivity index (χ2v) is 10.7. The molecule has 0 unspecified atom stereocenters. The first-order valence-corrected chi connectivity index (χ1v) is 13.3. The Labute approximate surface area is 207 Å². The van der Waals surface area contributed by atoms with Crippen LogP contribution in [-0.2, 0) is 23.1 Å². The SMILES string of the molecule is COc1ccc(CNC(=O)c2ccc(Cn3nc(C)c(S(=O)(=O)N4CCCCC4)c3C)cc2)cc1. The van der Waals surface area contributed by atoms with Gasteiger partial charge in [-0.2, -0.15) is 9.40 Å². The lowest BCUT2D eigenvalue weighted by Gasteiger charge is -2.26. The molecular weight excluding hydrogens is 464 g/mol. The van der Waals surface area contributed by atoms with Crippen molar-refractivity contribution in [2.75, 3.05) is 20.2 Å². The number of benzene rings is 2. The van der Waals surface area contributed by atoms with Gasteiger partial charge in [-0.25, -0.2) is 8.42 Å². The molecule has 1 amide bonds. The topological polar surface area (TPSA) is 93.5 Å². The van der Waals surface area contributed by atoms with E-state index >= 15 is 0 Å². The Morgan fingerprint density at radius 2 is 1.60 bits per heavy atom. The molecule has 0 aliphatic carbocycles. The average Bonchev–Trinajstić information content (AvgIpc) is 3.16. The Balaban J connectivity index is 1.42. The van der Waals surface area contributed by atoms with E-state index in [0.717, 1.165) is 36.1 Å². The van der Waals surface area contributed by atoms with Gasteiger partial charge < -0.3 is 10.1 Å². The maximum atomic E-state index is 13.2. The number of rotatable bonds is 8. The first-order chi connectivity index (χ1) is 16.8. The molecule has 9 heteroatoms. The van der Waals surface area contributed by atoms with E-state index in [9.17, 15) is 13.2 Å². The molecule has 1 aliphatic heterocycles. The molecule has 0 spiro atoms. The van der Waals surface area contributed by atoms with Crippen molar-refractivity contribution in [1.82, 2.24) is 19.4 Å². The third-order valence-electron chi connectivity index (χ3n) is 6.39. The average molecular weight is 497 g/mol. The Morgan fingerprint density at radius 1 is 0.971 bits per heavy atom. The predicted molar refractivity (Wildman–Crippen MR) is 134 cm³/mol. The summed E-state index contributed by atoms with van der Waals surface area (Å²) < 4.78 is 34.9. The van der Waals surface area contributed by atoms with Gasteiger partial charge >= 0.3 is 0 Å². The molecule has 0 bridgehead atoms. The molecule has 8 nitrogen and oxygen atoms in total. The first kappa shape index (κ1) is 24.9. The molecule has 0 radical (unpaired) electrons. The highest BCUT2D eigenvalue weighted by molar-refractivity contribution is 7.89. The van der Waals surface area contributed by atoms with Gasteiger partial charge in [0.1, 0.15) is 10.6 Å². The molecule has 1 fully saturated rings. The molecule has 4 rings (SSSR count). The number of sulfonamides is 1. The van der Waals surface area contributed by atoms with Crippen molar-refractivity contribution in [2.45, 2.75) is 51.1 Å². The summed E-state index contributed by atoms with van der Waals surface area (Å²) in [4.78, 5) is 12.9. The maximum absolute atomic E-state index is 13.2. The van der Waals surface area contributed by atoms with Crippen molar-refractivity contribution >= 4 is 15.9 Å². The molecule has 1 saturated heterocycles. The lowest BCUT2D eigenvalue weighted by Crippen LogP contribution is -2.36. The van der Waals surface area contributed by atoms with Crippen LogP contribution in [-0.4, -0.2) is 48.6 Å². The fraction of sp³-hybridized carbons (Fsp3) is 0.385. The molecule has 1 aromatic heterocycles. The number of hydrogen-bond donors (Lipinski definition) is 1. The van der Waals surface area contributed by atoms with Crippen LogP contribution >= 0.6 is 0 Å². The molecule has 2 heterocycles. The number of nitrogens with one attached hydrogen (secondary N) is 1. The van der Waals surface area contributed by atoms with Crippen LogP contribution in [0.1, 0.15) is 52.1 Å². The van der Waals surface area contributed by atoms with Crippen LogP contribution < -0.4 is 10.1 Å². The minimum atomic E-state index is -3.56. The largest absolute Gasteiger partial charge is 0.497 e. The van der Waals surface area contributed by atoms with Crippen molar-refractivity contribution in [3.63, 3.8) is 0 Å². The smallest absolute Gasteiger partial charge is 0.251 e. The van der Waals surface area contributed by atoms with Gasteiger partial charge in [-0.1, -0.05) is 30.7 Å². The highest BCUT2D eigenvalue weighted by Gasteiger charge is 2.31. The highest BCUT2D eigenvalue weighted by Crippen LogP contribution is 2.26. The standard InChI is InChI=1S/C26H32N4O4S/c1-19-25(35(32,33)29-15-5-4-6-16-29)20(2)30(28-19)18-22-7-11-23(12-8-22)26(31)27-17-21-9-13-24(34-3)14-10-21/h7-14H,4-6,15-18H2,1-3H3,(H,27,31). The predicted octanol–water partition coefficient (Wildman–Crippen LogP) is 3.66. The van der Waals surface area contributed by atoms with Crippen LogP contribution in [0.3, 0.4) is 0 Å². The fourth-order valence-electron chi connectivity index (χ4n) is 4.40. The van der Waals surface area contributed by atoms with Crippen LogP contribution in [0.2, 0.25) is 0 Å². The number of aromatic nitrogens is 2. The lowest BCUT2D eigenvalue weighted by atomic mass is 10.1. The Hall–Kier alpha value is -3.17. The number of ether oxygens (including phenoxy) is 1. The number of amides is 1. The molecular formula is C26H32N4O4S. The normalized spacial score (nSPS) is 14.6. The summed E-state index contributed by atoms with van der Waals surface area (Å²) in [6.45, 7) is 5.53. The van der Waals surface area contributed by atoms with Gasteiger partial charge in [-0.05, 0) is 62.1 Å². The van der Waals surface area contributed by atoms with Gasteiger partial charge in [-0.3, -0.25) is 9.48 Å². The van der Waals surface area contributed by atoms with Crippen LogP contribution in [0.4, 0.5) is 0 Å². The van der Waals surface area contributed by atoms with E-state index in [1.54, 1.807) is 42.1 Å². The zero-order valence-corrected chi connectivity index (χ0v) is 21.3. The summed E-state index contributed by atoms with van der Waals surface area (Å²) in [6, 6.07) is 14.8. The highest BCUT2D eigenvalue weighted by atomic mass is 32.2. The Kier molecular flexibility index (Phi) is 7.57. The third kappa shape index (κ3) is 5.57. The van der Waals surface area contributed by atoms with Gasteiger partial charge in [0.15, 0.2) is 0 Å². The lowest BCUT2D eigenvalue weighted by molar-refractivity contribution is 0.0951. The van der Waals surface area contributed by atoms with Gasteiger partial charge in [0.25, 0.3) is 5.91 Å². The second-order valence-electron chi connectivity index (χ2n) is 8.85. The molecule has 35 heavy (non-hydrogen) atoms. The van der Waals surface area contributed by atoms with Crippen LogP contribution in [0, 0.1) is 13.8 Å². The van der Waals surface area contributed by atoms with Crippen molar-refractivity contribution in [3.05, 3.63) is 76.6 Å². The third-order valence-corrected chi connectivity index (χ3v) is 8.54. The summed E-state index contributed by atoms with van der Waals surface area (Å²) in [5.74, 6) is 0.614. The Morgan fingerprint density at radius 3 is 2.23 bits per heavy atom. The van der Waals surface area contributed by atoms with E-state index < -0.39 is 10.0 Å². The van der Waals surface area contributed by atoms with Crippen LogP contribution in [0.25, 0.3) is 0 Å². The molecule has 3 aromatic rings. The number of aryl methyl sites for hydroxylation is 1. The van der Waals surface area contributed by atoms with Crippen molar-refractivity contribution in [2.24, 2.45) is 0 Å². The second kappa shape index (κ2) is 10.6. The Bertz CT molecular complexity index is 1280. The molecule has 2 aromatic carbocycles. The van der Waals surface area contributed by atoms with Gasteiger partial charge in [0.05, 0.1) is 25.0 Å². The zero-order chi connectivity index (χ0) is 25.0. The summed E-state index contributed by atoms with van der Waals surface area (Å²) >= 11 is 0. The molecule has 186 valence electrons. The molecule has 0 saturated carbocycles. The quantitative estimate of drug-likeness (QED) is 0.514. The molecule has 1 N–H and O–H groups in total. The number of carbonyl (C=O) groups excluding carboxylic acids is 1. The minimum Gasteiger partial charge on any atom is -0.497 e. The van der Waals surface area contributed by atoms with Crippen molar-refractivity contribution in [1.29, 1.82) is 0 Å². The van der Waals surface area contributed by atoms with Gasteiger partial charge in [0, 0.05) is 25.2 Å². The van der Waals surface area contributed by atoms with E-state index in [0.29, 0.717) is 48.0 Å². The molecule has 1 aliphatic rings. The van der Waals surface area contributed by atoms with Crippen molar-refractivity contribution in [3.8, 4) is 5.75 Å². The molecule has 0 atom stereocenters.